The van der Waals surface area contributed by atoms with Crippen LogP contribution in [-0.4, -0.2) is 0 Å². The largest absolute Gasteiger partial charge is 0.207 e. The highest BCUT2D eigenvalue weighted by atomic mass is 35.5. The SMILES string of the molecule is CCC(Cl)c1cc(C)c(F)cc1Cl. The predicted molar refractivity (Wildman–Crippen MR) is 55.0 cm³/mol. The van der Waals surface area contributed by atoms with Crippen LogP contribution in [0.4, 0.5) is 4.39 Å². The van der Waals surface area contributed by atoms with Crippen molar-refractivity contribution in [3.8, 4) is 0 Å². The molecular weight excluding hydrogens is 210 g/mol. The lowest BCUT2D eigenvalue weighted by Crippen LogP contribution is -1.93. The number of halogens is 3. The maximum Gasteiger partial charge on any atom is 0.127 e. The van der Waals surface area contributed by atoms with Crippen molar-refractivity contribution in [1.82, 2.24) is 0 Å². The third-order valence-corrected chi connectivity index (χ3v) is 2.84. The van der Waals surface area contributed by atoms with Crippen LogP contribution in [0.1, 0.15) is 29.8 Å². The minimum atomic E-state index is -0.284. The number of benzene rings is 1. The van der Waals surface area contributed by atoms with Crippen LogP contribution in [0.3, 0.4) is 0 Å². The van der Waals surface area contributed by atoms with Gasteiger partial charge in [-0.05, 0) is 30.5 Å². The number of hydrogen-bond acceptors (Lipinski definition) is 0. The second-order valence-electron chi connectivity index (χ2n) is 3.00. The Hall–Kier alpha value is -0.270. The molecule has 1 unspecified atom stereocenters. The van der Waals surface area contributed by atoms with Crippen LogP contribution in [0.25, 0.3) is 0 Å². The van der Waals surface area contributed by atoms with Crippen LogP contribution >= 0.6 is 23.2 Å². The van der Waals surface area contributed by atoms with Gasteiger partial charge in [-0.1, -0.05) is 24.6 Å². The number of aryl methyl sites for hydroxylation is 1. The van der Waals surface area contributed by atoms with Crippen LogP contribution < -0.4 is 0 Å². The maximum atomic E-state index is 13.0. The minimum Gasteiger partial charge on any atom is -0.207 e. The number of alkyl halides is 1. The summed E-state index contributed by atoms with van der Waals surface area (Å²) < 4.78 is 13.0. The molecule has 0 N–H and O–H groups in total. The van der Waals surface area contributed by atoms with Gasteiger partial charge >= 0.3 is 0 Å². The molecule has 0 radical (unpaired) electrons. The Morgan fingerprint density at radius 2 is 2.08 bits per heavy atom. The molecule has 1 aromatic carbocycles. The quantitative estimate of drug-likeness (QED) is 0.646. The molecule has 1 atom stereocenters. The van der Waals surface area contributed by atoms with Crippen molar-refractivity contribution < 1.29 is 4.39 Å². The van der Waals surface area contributed by atoms with Gasteiger partial charge in [-0.2, -0.15) is 0 Å². The van der Waals surface area contributed by atoms with Gasteiger partial charge in [0.2, 0.25) is 0 Å². The van der Waals surface area contributed by atoms with E-state index in [0.29, 0.717) is 10.6 Å². The highest BCUT2D eigenvalue weighted by molar-refractivity contribution is 6.32. The van der Waals surface area contributed by atoms with Crippen molar-refractivity contribution in [3.63, 3.8) is 0 Å². The van der Waals surface area contributed by atoms with Gasteiger partial charge in [-0.15, -0.1) is 11.6 Å². The fourth-order valence-electron chi connectivity index (χ4n) is 1.14. The van der Waals surface area contributed by atoms with Gasteiger partial charge in [0.05, 0.1) is 5.38 Å². The van der Waals surface area contributed by atoms with Gasteiger partial charge < -0.3 is 0 Å². The zero-order valence-corrected chi connectivity index (χ0v) is 9.08. The monoisotopic (exact) mass is 220 g/mol. The highest BCUT2D eigenvalue weighted by Crippen LogP contribution is 2.31. The fraction of sp³-hybridized carbons (Fsp3) is 0.400. The molecule has 3 heteroatoms. The van der Waals surface area contributed by atoms with Crippen LogP contribution in [0.2, 0.25) is 5.02 Å². The minimum absolute atomic E-state index is 0.133. The van der Waals surface area contributed by atoms with Gasteiger partial charge in [-0.3, -0.25) is 0 Å². The molecule has 0 fully saturated rings. The summed E-state index contributed by atoms with van der Waals surface area (Å²) in [6.07, 6.45) is 0.784. The topological polar surface area (TPSA) is 0 Å². The Labute approximate surface area is 87.7 Å². The lowest BCUT2D eigenvalue weighted by molar-refractivity contribution is 0.617. The van der Waals surface area contributed by atoms with Gasteiger partial charge in [-0.25, -0.2) is 4.39 Å². The lowest BCUT2D eigenvalue weighted by atomic mass is 10.1. The van der Waals surface area contributed by atoms with Crippen LogP contribution in [-0.2, 0) is 0 Å². The van der Waals surface area contributed by atoms with Crippen LogP contribution in [0.15, 0.2) is 12.1 Å². The van der Waals surface area contributed by atoms with E-state index in [1.54, 1.807) is 13.0 Å². The average Bonchev–Trinajstić information content (AvgIpc) is 2.10. The molecule has 1 rings (SSSR count). The molecule has 0 saturated carbocycles. The number of hydrogen-bond donors (Lipinski definition) is 0. The van der Waals surface area contributed by atoms with Crippen molar-refractivity contribution in [2.45, 2.75) is 25.6 Å². The van der Waals surface area contributed by atoms with Crippen LogP contribution in [0.5, 0.6) is 0 Å². The van der Waals surface area contributed by atoms with Crippen molar-refractivity contribution in [2.75, 3.05) is 0 Å². The van der Waals surface area contributed by atoms with E-state index in [4.69, 9.17) is 23.2 Å². The average molecular weight is 221 g/mol. The lowest BCUT2D eigenvalue weighted by Gasteiger charge is -2.10. The molecule has 13 heavy (non-hydrogen) atoms. The Bertz CT molecular complexity index is 310. The standard InChI is InChI=1S/C10H11Cl2F/c1-3-8(11)7-4-6(2)10(13)5-9(7)12/h4-5,8H,3H2,1-2H3. The fourth-order valence-corrected chi connectivity index (χ4v) is 1.66. The van der Waals surface area contributed by atoms with Crippen molar-refractivity contribution in [2.24, 2.45) is 0 Å². The molecule has 0 saturated heterocycles. The summed E-state index contributed by atoms with van der Waals surface area (Å²) in [5.41, 5.74) is 1.39. The summed E-state index contributed by atoms with van der Waals surface area (Å²) in [7, 11) is 0. The van der Waals surface area contributed by atoms with Crippen molar-refractivity contribution in [1.29, 1.82) is 0 Å². The predicted octanol–water partition coefficient (Wildman–Crippen LogP) is 4.48. The first-order valence-corrected chi connectivity index (χ1v) is 4.97. The second-order valence-corrected chi connectivity index (χ2v) is 3.93. The summed E-state index contributed by atoms with van der Waals surface area (Å²) in [6.45, 7) is 3.67. The molecule has 0 bridgehead atoms. The smallest absolute Gasteiger partial charge is 0.127 e. The van der Waals surface area contributed by atoms with E-state index in [1.807, 2.05) is 6.92 Å². The maximum absolute atomic E-state index is 13.0. The van der Waals surface area contributed by atoms with Crippen LogP contribution in [0, 0.1) is 12.7 Å². The first-order valence-electron chi connectivity index (χ1n) is 4.15. The molecule has 0 aromatic heterocycles. The summed E-state index contributed by atoms with van der Waals surface area (Å²) in [4.78, 5) is 0. The van der Waals surface area contributed by atoms with E-state index < -0.39 is 0 Å². The van der Waals surface area contributed by atoms with Gasteiger partial charge in [0.25, 0.3) is 0 Å². The van der Waals surface area contributed by atoms with E-state index in [0.717, 1.165) is 12.0 Å². The summed E-state index contributed by atoms with van der Waals surface area (Å²) >= 11 is 11.9. The summed E-state index contributed by atoms with van der Waals surface area (Å²) in [6, 6.07) is 3.02. The Kier molecular flexibility index (Phi) is 3.57. The molecule has 0 spiro atoms. The Morgan fingerprint density at radius 3 is 2.62 bits per heavy atom. The zero-order chi connectivity index (χ0) is 10.0. The summed E-state index contributed by atoms with van der Waals surface area (Å²) in [5, 5.41) is 0.275. The third kappa shape index (κ3) is 2.35. The normalized spacial score (nSPS) is 13.0. The molecule has 0 amide bonds. The van der Waals surface area contributed by atoms with E-state index >= 15 is 0 Å². The molecule has 1 aromatic rings. The van der Waals surface area contributed by atoms with Gasteiger partial charge in [0.15, 0.2) is 0 Å². The van der Waals surface area contributed by atoms with Crippen molar-refractivity contribution in [3.05, 3.63) is 34.1 Å². The van der Waals surface area contributed by atoms with E-state index in [1.165, 1.54) is 6.07 Å². The summed E-state index contributed by atoms with van der Waals surface area (Å²) in [5.74, 6) is -0.284. The molecule has 0 aliphatic carbocycles. The van der Waals surface area contributed by atoms with E-state index in [2.05, 4.69) is 0 Å². The van der Waals surface area contributed by atoms with Gasteiger partial charge in [0, 0.05) is 5.02 Å². The Morgan fingerprint density at radius 1 is 1.46 bits per heavy atom. The molecule has 72 valence electrons. The molecule has 0 heterocycles. The first-order chi connectivity index (χ1) is 6.06. The third-order valence-electron chi connectivity index (χ3n) is 1.97. The van der Waals surface area contributed by atoms with E-state index in [9.17, 15) is 4.39 Å². The van der Waals surface area contributed by atoms with Gasteiger partial charge in [0.1, 0.15) is 5.82 Å². The highest BCUT2D eigenvalue weighted by Gasteiger charge is 2.12. The van der Waals surface area contributed by atoms with E-state index in [-0.39, 0.29) is 11.2 Å². The zero-order valence-electron chi connectivity index (χ0n) is 7.57. The molecule has 0 aliphatic heterocycles. The second kappa shape index (κ2) is 4.30. The Balaban J connectivity index is 3.15. The molecular formula is C10H11Cl2F. The molecule has 0 nitrogen and oxygen atoms in total. The first kappa shape index (κ1) is 10.8. The van der Waals surface area contributed by atoms with Crippen molar-refractivity contribution >= 4 is 23.2 Å². The molecule has 0 aliphatic rings. The number of rotatable bonds is 2.